The normalized spacial score (nSPS) is 21.5. The van der Waals surface area contributed by atoms with Crippen molar-refractivity contribution in [2.75, 3.05) is 6.54 Å². The maximum atomic E-state index is 12.1. The summed E-state index contributed by atoms with van der Waals surface area (Å²) in [5, 5.41) is 0. The van der Waals surface area contributed by atoms with Crippen molar-refractivity contribution in [1.29, 1.82) is 0 Å². The van der Waals surface area contributed by atoms with Crippen LogP contribution < -0.4 is 5.73 Å². The first-order valence-electron chi connectivity index (χ1n) is 4.77. The second kappa shape index (κ2) is 2.95. The summed E-state index contributed by atoms with van der Waals surface area (Å²) in [6, 6.07) is 0. The summed E-state index contributed by atoms with van der Waals surface area (Å²) >= 11 is 0. The van der Waals surface area contributed by atoms with Crippen molar-refractivity contribution in [3.8, 4) is 0 Å². The highest BCUT2D eigenvalue weighted by molar-refractivity contribution is 7.94. The Balaban J connectivity index is 3.03. The van der Waals surface area contributed by atoms with E-state index in [9.17, 15) is 8.42 Å². The number of hydrogen-bond donors (Lipinski definition) is 1. The third-order valence-corrected chi connectivity index (χ3v) is 6.79. The maximum Gasteiger partial charge on any atom is 0.162 e. The topological polar surface area (TPSA) is 60.2 Å². The quantitative estimate of drug-likeness (QED) is 0.747. The van der Waals surface area contributed by atoms with Crippen LogP contribution in [0.25, 0.3) is 0 Å². The lowest BCUT2D eigenvalue weighted by Gasteiger charge is -2.28. The van der Waals surface area contributed by atoms with E-state index in [-0.39, 0.29) is 6.54 Å². The fraction of sp³-hybridized carbons (Fsp3) is 1.00. The van der Waals surface area contributed by atoms with Gasteiger partial charge in [-0.05, 0) is 33.1 Å². The molecule has 0 heterocycles. The molecule has 0 amide bonds. The van der Waals surface area contributed by atoms with E-state index in [1.54, 1.807) is 13.8 Å². The second-order valence-electron chi connectivity index (χ2n) is 4.50. The van der Waals surface area contributed by atoms with Crippen LogP contribution in [0.1, 0.15) is 40.0 Å². The third kappa shape index (κ3) is 1.40. The molecule has 0 spiro atoms. The number of sulfone groups is 1. The van der Waals surface area contributed by atoms with E-state index in [1.807, 2.05) is 6.92 Å². The van der Waals surface area contributed by atoms with Crippen LogP contribution in [0.4, 0.5) is 0 Å². The van der Waals surface area contributed by atoms with Gasteiger partial charge in [-0.2, -0.15) is 0 Å². The molecule has 4 heteroatoms. The molecule has 0 atom stereocenters. The Morgan fingerprint density at radius 2 is 1.85 bits per heavy atom. The summed E-state index contributed by atoms with van der Waals surface area (Å²) in [7, 11) is -3.05. The molecule has 0 aromatic heterocycles. The van der Waals surface area contributed by atoms with E-state index < -0.39 is 19.3 Å². The lowest BCUT2D eigenvalue weighted by molar-refractivity contribution is 0.521. The van der Waals surface area contributed by atoms with E-state index in [4.69, 9.17) is 5.73 Å². The summed E-state index contributed by atoms with van der Waals surface area (Å²) in [5.74, 6) is 0. The van der Waals surface area contributed by atoms with Gasteiger partial charge in [0.2, 0.25) is 0 Å². The minimum absolute atomic E-state index is 0.277. The zero-order valence-corrected chi connectivity index (χ0v) is 9.45. The van der Waals surface area contributed by atoms with E-state index in [2.05, 4.69) is 0 Å². The molecule has 78 valence electrons. The fourth-order valence-corrected chi connectivity index (χ4v) is 3.91. The van der Waals surface area contributed by atoms with Crippen molar-refractivity contribution < 1.29 is 8.42 Å². The molecule has 1 aliphatic rings. The molecule has 1 saturated carbocycles. The van der Waals surface area contributed by atoms with E-state index in [1.165, 1.54) is 0 Å². The van der Waals surface area contributed by atoms with Crippen molar-refractivity contribution in [2.45, 2.75) is 49.5 Å². The molecule has 1 fully saturated rings. The van der Waals surface area contributed by atoms with Crippen LogP contribution in [0.2, 0.25) is 0 Å². The SMILES string of the molecule is CCC(C)(C)S(=O)(=O)C1(CN)CC1. The Labute approximate surface area is 80.6 Å². The van der Waals surface area contributed by atoms with Crippen LogP contribution in [0.5, 0.6) is 0 Å². The molecular formula is C9H19NO2S. The Bertz CT molecular complexity index is 277. The highest BCUT2D eigenvalue weighted by atomic mass is 32.2. The van der Waals surface area contributed by atoms with E-state index >= 15 is 0 Å². The van der Waals surface area contributed by atoms with Crippen molar-refractivity contribution in [3.63, 3.8) is 0 Å². The van der Waals surface area contributed by atoms with Crippen LogP contribution in [0, 0.1) is 0 Å². The van der Waals surface area contributed by atoms with Gasteiger partial charge in [-0.3, -0.25) is 0 Å². The predicted molar refractivity (Wildman–Crippen MR) is 54.3 cm³/mol. The number of rotatable bonds is 4. The standard InChI is InChI=1S/C9H19NO2S/c1-4-8(2,3)13(11,12)9(7-10)5-6-9/h4-7,10H2,1-3H3. The maximum absolute atomic E-state index is 12.1. The lowest BCUT2D eigenvalue weighted by Crippen LogP contribution is -2.44. The lowest BCUT2D eigenvalue weighted by atomic mass is 10.1. The van der Waals surface area contributed by atoms with Gasteiger partial charge in [0.1, 0.15) is 0 Å². The first-order valence-corrected chi connectivity index (χ1v) is 6.25. The van der Waals surface area contributed by atoms with Crippen LogP contribution in [-0.4, -0.2) is 24.5 Å². The van der Waals surface area contributed by atoms with Gasteiger partial charge < -0.3 is 5.73 Å². The summed E-state index contributed by atoms with van der Waals surface area (Å²) < 4.78 is 23.0. The van der Waals surface area contributed by atoms with Gasteiger partial charge in [0.25, 0.3) is 0 Å². The predicted octanol–water partition coefficient (Wildman–Crippen LogP) is 1.08. The minimum atomic E-state index is -3.05. The molecule has 2 N–H and O–H groups in total. The Hall–Kier alpha value is -0.0900. The van der Waals surface area contributed by atoms with Gasteiger partial charge in [-0.15, -0.1) is 0 Å². The van der Waals surface area contributed by atoms with Gasteiger partial charge in [-0.1, -0.05) is 6.92 Å². The minimum Gasteiger partial charge on any atom is -0.329 e. The highest BCUT2D eigenvalue weighted by Gasteiger charge is 2.58. The molecular weight excluding hydrogens is 186 g/mol. The zero-order chi connectivity index (χ0) is 10.3. The Kier molecular flexibility index (Phi) is 2.50. The highest BCUT2D eigenvalue weighted by Crippen LogP contribution is 2.48. The fourth-order valence-electron chi connectivity index (χ4n) is 1.50. The average molecular weight is 205 g/mol. The van der Waals surface area contributed by atoms with Crippen LogP contribution in [0.3, 0.4) is 0 Å². The van der Waals surface area contributed by atoms with Crippen LogP contribution in [0.15, 0.2) is 0 Å². The number of hydrogen-bond acceptors (Lipinski definition) is 3. The Morgan fingerprint density at radius 3 is 2.08 bits per heavy atom. The molecule has 1 rings (SSSR count). The van der Waals surface area contributed by atoms with Gasteiger partial charge >= 0.3 is 0 Å². The summed E-state index contributed by atoms with van der Waals surface area (Å²) in [4.78, 5) is 0. The summed E-state index contributed by atoms with van der Waals surface area (Å²) in [5.41, 5.74) is 5.53. The summed E-state index contributed by atoms with van der Waals surface area (Å²) in [6.45, 7) is 5.76. The molecule has 0 bridgehead atoms. The molecule has 0 aromatic rings. The molecule has 0 unspecified atom stereocenters. The van der Waals surface area contributed by atoms with Gasteiger partial charge in [0, 0.05) is 6.54 Å². The van der Waals surface area contributed by atoms with Gasteiger partial charge in [0.15, 0.2) is 9.84 Å². The van der Waals surface area contributed by atoms with E-state index in [0.29, 0.717) is 6.42 Å². The monoisotopic (exact) mass is 205 g/mol. The van der Waals surface area contributed by atoms with Crippen molar-refractivity contribution in [2.24, 2.45) is 5.73 Å². The largest absolute Gasteiger partial charge is 0.329 e. The van der Waals surface area contributed by atoms with Crippen molar-refractivity contribution in [3.05, 3.63) is 0 Å². The average Bonchev–Trinajstić information content (AvgIpc) is 2.84. The van der Waals surface area contributed by atoms with Crippen molar-refractivity contribution in [1.82, 2.24) is 0 Å². The number of nitrogens with two attached hydrogens (primary N) is 1. The molecule has 3 nitrogen and oxygen atoms in total. The molecule has 0 aromatic carbocycles. The molecule has 0 aliphatic heterocycles. The van der Waals surface area contributed by atoms with E-state index in [0.717, 1.165) is 12.8 Å². The molecule has 13 heavy (non-hydrogen) atoms. The third-order valence-electron chi connectivity index (χ3n) is 3.33. The zero-order valence-electron chi connectivity index (χ0n) is 8.63. The van der Waals surface area contributed by atoms with Gasteiger partial charge in [-0.25, -0.2) is 8.42 Å². The molecule has 1 aliphatic carbocycles. The van der Waals surface area contributed by atoms with Gasteiger partial charge in [0.05, 0.1) is 9.49 Å². The van der Waals surface area contributed by atoms with Crippen molar-refractivity contribution >= 4 is 9.84 Å². The smallest absolute Gasteiger partial charge is 0.162 e. The molecule has 0 saturated heterocycles. The second-order valence-corrected chi connectivity index (χ2v) is 7.48. The van der Waals surface area contributed by atoms with Crippen LogP contribution >= 0.6 is 0 Å². The first kappa shape index (κ1) is 11.0. The summed E-state index contributed by atoms with van der Waals surface area (Å²) in [6.07, 6.45) is 2.14. The molecule has 0 radical (unpaired) electrons. The van der Waals surface area contributed by atoms with Crippen LogP contribution in [-0.2, 0) is 9.84 Å². The first-order chi connectivity index (χ1) is 5.83. The Morgan fingerprint density at radius 1 is 1.38 bits per heavy atom.